The number of ether oxygens (including phenoxy) is 1. The first-order chi connectivity index (χ1) is 16.2. The van der Waals surface area contributed by atoms with Gasteiger partial charge < -0.3 is 20.3 Å². The number of hydrogen-bond acceptors (Lipinski definition) is 5. The highest BCUT2D eigenvalue weighted by molar-refractivity contribution is 6.01. The summed E-state index contributed by atoms with van der Waals surface area (Å²) < 4.78 is 5.02. The minimum atomic E-state index is -2.03. The molecule has 1 heterocycles. The fourth-order valence-corrected chi connectivity index (χ4v) is 3.98. The van der Waals surface area contributed by atoms with Crippen molar-refractivity contribution in [3.05, 3.63) is 95.1 Å². The first kappa shape index (κ1) is 23.1. The van der Waals surface area contributed by atoms with Crippen molar-refractivity contribution in [3.8, 4) is 17.6 Å². The van der Waals surface area contributed by atoms with Crippen LogP contribution in [0.1, 0.15) is 47.3 Å². The predicted molar refractivity (Wildman–Crippen MR) is 128 cm³/mol. The molecule has 0 spiro atoms. The highest BCUT2D eigenvalue weighted by Gasteiger charge is 2.41. The number of phenolic OH excluding ortho intramolecular Hbond substituents is 1. The molecule has 0 saturated heterocycles. The monoisotopic (exact) mass is 455 g/mol. The minimum absolute atomic E-state index is 0.0352. The van der Waals surface area contributed by atoms with Crippen LogP contribution in [0.4, 0.5) is 5.69 Å². The number of nitrogens with one attached hydrogen (secondary N) is 1. The molecule has 34 heavy (non-hydrogen) atoms. The maximum Gasteiger partial charge on any atom is 0.338 e. The summed E-state index contributed by atoms with van der Waals surface area (Å²) in [5, 5.41) is 23.8. The van der Waals surface area contributed by atoms with E-state index in [9.17, 15) is 19.8 Å². The second-order valence-corrected chi connectivity index (χ2v) is 8.99. The van der Waals surface area contributed by atoms with Crippen molar-refractivity contribution in [2.24, 2.45) is 0 Å². The average Bonchev–Trinajstić information content (AvgIpc) is 3.19. The molecule has 4 rings (SSSR count). The van der Waals surface area contributed by atoms with Crippen molar-refractivity contribution in [1.82, 2.24) is 0 Å². The molecule has 6 heteroatoms. The van der Waals surface area contributed by atoms with Crippen LogP contribution in [-0.4, -0.2) is 27.7 Å². The fraction of sp³-hybridized carbons (Fsp3) is 0.214. The molecule has 1 aliphatic rings. The van der Waals surface area contributed by atoms with Gasteiger partial charge in [-0.25, -0.2) is 4.79 Å². The van der Waals surface area contributed by atoms with Crippen LogP contribution in [0.25, 0.3) is 0 Å². The quantitative estimate of drug-likeness (QED) is 0.397. The molecule has 0 radical (unpaired) electrons. The molecule has 172 valence electrons. The number of esters is 1. The smallest absolute Gasteiger partial charge is 0.338 e. The number of fused-ring (bicyclic) bond motifs is 1. The van der Waals surface area contributed by atoms with Crippen LogP contribution < -0.4 is 5.32 Å². The molecule has 1 unspecified atom stereocenters. The van der Waals surface area contributed by atoms with E-state index in [4.69, 9.17) is 4.74 Å². The van der Waals surface area contributed by atoms with Crippen molar-refractivity contribution in [1.29, 1.82) is 0 Å². The molecule has 3 aromatic rings. The van der Waals surface area contributed by atoms with E-state index in [2.05, 4.69) is 17.2 Å². The van der Waals surface area contributed by atoms with E-state index >= 15 is 0 Å². The Kier molecular flexibility index (Phi) is 6.14. The Labute approximate surface area is 198 Å². The molecule has 0 bridgehead atoms. The number of aliphatic hydroxyl groups is 1. The minimum Gasteiger partial charge on any atom is -0.508 e. The van der Waals surface area contributed by atoms with Gasteiger partial charge in [0.1, 0.15) is 12.4 Å². The number of cyclic esters (lactones) is 1. The molecule has 0 aromatic heterocycles. The zero-order valence-electron chi connectivity index (χ0n) is 19.0. The lowest BCUT2D eigenvalue weighted by atomic mass is 9.75. The van der Waals surface area contributed by atoms with Gasteiger partial charge in [0.2, 0.25) is 5.60 Å². The van der Waals surface area contributed by atoms with Crippen LogP contribution in [-0.2, 0) is 21.6 Å². The van der Waals surface area contributed by atoms with Crippen molar-refractivity contribution in [2.45, 2.75) is 37.9 Å². The van der Waals surface area contributed by atoms with Crippen molar-refractivity contribution in [2.75, 3.05) is 5.32 Å². The van der Waals surface area contributed by atoms with E-state index in [0.29, 0.717) is 22.4 Å². The first-order valence-corrected chi connectivity index (χ1v) is 10.9. The molecule has 1 amide bonds. The number of carbonyl (C=O) groups excluding carboxylic acids is 2. The Balaban J connectivity index is 1.66. The largest absolute Gasteiger partial charge is 0.508 e. The number of aromatic hydroxyl groups is 1. The third-order valence-electron chi connectivity index (χ3n) is 5.85. The van der Waals surface area contributed by atoms with Gasteiger partial charge in [-0.2, -0.15) is 0 Å². The van der Waals surface area contributed by atoms with Gasteiger partial charge in [0.25, 0.3) is 5.91 Å². The topological polar surface area (TPSA) is 95.9 Å². The molecule has 0 saturated carbocycles. The second-order valence-electron chi connectivity index (χ2n) is 8.99. The maximum absolute atomic E-state index is 13.4. The van der Waals surface area contributed by atoms with E-state index in [0.717, 1.165) is 5.56 Å². The molecule has 3 N–H and O–H groups in total. The Morgan fingerprint density at radius 3 is 2.47 bits per heavy atom. The third kappa shape index (κ3) is 4.95. The third-order valence-corrected chi connectivity index (χ3v) is 5.85. The molecular weight excluding hydrogens is 430 g/mol. The van der Waals surface area contributed by atoms with Gasteiger partial charge in [0, 0.05) is 23.2 Å². The second kappa shape index (κ2) is 9.05. The normalized spacial score (nSPS) is 14.3. The summed E-state index contributed by atoms with van der Waals surface area (Å²) in [5.41, 5.74) is 0.481. The maximum atomic E-state index is 13.4. The Morgan fingerprint density at radius 1 is 1.06 bits per heavy atom. The molecule has 0 aliphatic carbocycles. The summed E-state index contributed by atoms with van der Waals surface area (Å²) in [6.07, 6.45) is 0.0352. The summed E-state index contributed by atoms with van der Waals surface area (Å²) in [5.74, 6) is 4.67. The van der Waals surface area contributed by atoms with Gasteiger partial charge in [-0.1, -0.05) is 56.0 Å². The van der Waals surface area contributed by atoms with Gasteiger partial charge in [-0.3, -0.25) is 4.79 Å². The lowest BCUT2D eigenvalue weighted by Crippen LogP contribution is -2.46. The molecule has 3 aromatic carbocycles. The first-order valence-electron chi connectivity index (χ1n) is 10.9. The summed E-state index contributed by atoms with van der Waals surface area (Å²) in [6, 6.07) is 20.7. The van der Waals surface area contributed by atoms with Gasteiger partial charge in [0.05, 0.1) is 5.56 Å². The van der Waals surface area contributed by atoms with Crippen LogP contribution in [0.5, 0.6) is 5.75 Å². The van der Waals surface area contributed by atoms with Crippen LogP contribution in [0, 0.1) is 11.8 Å². The van der Waals surface area contributed by atoms with E-state index in [1.165, 1.54) is 12.1 Å². The average molecular weight is 456 g/mol. The molecular formula is C28H25NO5. The summed E-state index contributed by atoms with van der Waals surface area (Å²) in [7, 11) is 0. The summed E-state index contributed by atoms with van der Waals surface area (Å²) >= 11 is 0. The number of hydrogen-bond donors (Lipinski definition) is 3. The lowest BCUT2D eigenvalue weighted by Gasteiger charge is -2.32. The van der Waals surface area contributed by atoms with Gasteiger partial charge in [-0.05, 0) is 53.4 Å². The molecule has 6 nitrogen and oxygen atoms in total. The van der Waals surface area contributed by atoms with Crippen LogP contribution in [0.15, 0.2) is 72.8 Å². The van der Waals surface area contributed by atoms with E-state index in [1.54, 1.807) is 30.3 Å². The zero-order chi connectivity index (χ0) is 24.3. The number of phenols is 1. The number of benzene rings is 3. The van der Waals surface area contributed by atoms with Crippen LogP contribution in [0.2, 0.25) is 0 Å². The SMILES string of the molecule is CC(C)(CC(O)(C#Cc1ccc(O)cc1)C(=O)Nc1ccc2c(c1)COC2=O)c1ccccc1. The molecule has 1 atom stereocenters. The Morgan fingerprint density at radius 2 is 1.76 bits per heavy atom. The highest BCUT2D eigenvalue weighted by Crippen LogP contribution is 2.33. The van der Waals surface area contributed by atoms with Gasteiger partial charge >= 0.3 is 5.97 Å². The molecule has 0 fully saturated rings. The molecule has 1 aliphatic heterocycles. The van der Waals surface area contributed by atoms with Crippen molar-refractivity contribution < 1.29 is 24.5 Å². The van der Waals surface area contributed by atoms with Crippen LogP contribution in [0.3, 0.4) is 0 Å². The number of amides is 1. The standard InChI is InChI=1S/C28H25NO5/c1-27(2,21-6-4-3-5-7-21)18-28(33,15-14-19-8-11-23(30)12-9-19)26(32)29-22-10-13-24-20(16-22)17-34-25(24)31/h3-13,16,30,33H,17-18H2,1-2H3,(H,29,32). The summed E-state index contributed by atoms with van der Waals surface area (Å²) in [6.45, 7) is 4.03. The lowest BCUT2D eigenvalue weighted by molar-refractivity contribution is -0.130. The van der Waals surface area contributed by atoms with E-state index < -0.39 is 22.9 Å². The number of carbonyl (C=O) groups is 2. The number of rotatable bonds is 5. The van der Waals surface area contributed by atoms with Gasteiger partial charge in [-0.15, -0.1) is 0 Å². The Hall–Kier alpha value is -4.08. The van der Waals surface area contributed by atoms with E-state index in [1.807, 2.05) is 44.2 Å². The summed E-state index contributed by atoms with van der Waals surface area (Å²) in [4.78, 5) is 25.1. The number of anilines is 1. The van der Waals surface area contributed by atoms with E-state index in [-0.39, 0.29) is 18.8 Å². The van der Waals surface area contributed by atoms with Crippen molar-refractivity contribution >= 4 is 17.6 Å². The Bertz CT molecular complexity index is 1290. The zero-order valence-corrected chi connectivity index (χ0v) is 19.0. The fourth-order valence-electron chi connectivity index (χ4n) is 3.98. The van der Waals surface area contributed by atoms with Crippen molar-refractivity contribution in [3.63, 3.8) is 0 Å². The van der Waals surface area contributed by atoms with Crippen LogP contribution >= 0.6 is 0 Å². The van der Waals surface area contributed by atoms with Gasteiger partial charge in [0.15, 0.2) is 0 Å². The highest BCUT2D eigenvalue weighted by atomic mass is 16.5. The predicted octanol–water partition coefficient (Wildman–Crippen LogP) is 4.15.